The molecule has 0 spiro atoms. The number of anilines is 1. The Balaban J connectivity index is 2.33. The van der Waals surface area contributed by atoms with Gasteiger partial charge in [-0.3, -0.25) is 4.79 Å². The topological polar surface area (TPSA) is 20.3 Å². The molecule has 80 valence electrons. The first-order valence-electron chi connectivity index (χ1n) is 5.31. The summed E-state index contributed by atoms with van der Waals surface area (Å²) in [6, 6.07) is 5.64. The number of hydrogen-bond donors (Lipinski definition) is 0. The molecular formula is C12H14ClNO. The van der Waals surface area contributed by atoms with Gasteiger partial charge in [0.25, 0.3) is 0 Å². The van der Waals surface area contributed by atoms with E-state index in [4.69, 9.17) is 11.6 Å². The Morgan fingerprint density at radius 2 is 1.93 bits per heavy atom. The minimum absolute atomic E-state index is 0.549. The average molecular weight is 224 g/mol. The van der Waals surface area contributed by atoms with E-state index in [0.29, 0.717) is 10.6 Å². The molecule has 1 saturated heterocycles. The number of carbonyl (C=O) groups excluding carboxylic acids is 1. The van der Waals surface area contributed by atoms with Crippen molar-refractivity contribution < 1.29 is 4.79 Å². The second-order valence-corrected chi connectivity index (χ2v) is 4.25. The molecule has 3 heteroatoms. The summed E-state index contributed by atoms with van der Waals surface area (Å²) in [5, 5.41) is 0.549. The van der Waals surface area contributed by atoms with Crippen molar-refractivity contribution >= 4 is 23.6 Å². The summed E-state index contributed by atoms with van der Waals surface area (Å²) in [6.07, 6.45) is 4.54. The third-order valence-electron chi connectivity index (χ3n) is 2.84. The summed E-state index contributed by atoms with van der Waals surface area (Å²) in [5.41, 5.74) is 1.61. The number of halogens is 1. The molecule has 1 heterocycles. The number of nitrogens with zero attached hydrogens (tertiary/aromatic N) is 1. The highest BCUT2D eigenvalue weighted by Crippen LogP contribution is 2.27. The van der Waals surface area contributed by atoms with E-state index in [-0.39, 0.29) is 0 Å². The van der Waals surface area contributed by atoms with Gasteiger partial charge in [0.15, 0.2) is 6.29 Å². The lowest BCUT2D eigenvalue weighted by molar-refractivity contribution is 0.112. The largest absolute Gasteiger partial charge is 0.371 e. The number of benzene rings is 1. The first-order valence-corrected chi connectivity index (χ1v) is 5.69. The van der Waals surface area contributed by atoms with Crippen LogP contribution in [0.15, 0.2) is 18.2 Å². The molecule has 0 amide bonds. The SMILES string of the molecule is O=Cc1c(Cl)cccc1N1CCCCC1. The average Bonchev–Trinajstić information content (AvgIpc) is 2.30. The van der Waals surface area contributed by atoms with Crippen LogP contribution in [0.2, 0.25) is 5.02 Å². The molecule has 0 radical (unpaired) electrons. The molecule has 1 aliphatic heterocycles. The van der Waals surface area contributed by atoms with Crippen molar-refractivity contribution in [1.29, 1.82) is 0 Å². The molecular weight excluding hydrogens is 210 g/mol. The summed E-state index contributed by atoms with van der Waals surface area (Å²) in [6.45, 7) is 2.06. The van der Waals surface area contributed by atoms with Gasteiger partial charge >= 0.3 is 0 Å². The van der Waals surface area contributed by atoms with Crippen molar-refractivity contribution in [1.82, 2.24) is 0 Å². The van der Waals surface area contributed by atoms with E-state index in [2.05, 4.69) is 4.90 Å². The fourth-order valence-electron chi connectivity index (χ4n) is 2.05. The Morgan fingerprint density at radius 3 is 2.60 bits per heavy atom. The highest BCUT2D eigenvalue weighted by Gasteiger charge is 2.15. The lowest BCUT2D eigenvalue weighted by Crippen LogP contribution is -2.30. The summed E-state index contributed by atoms with van der Waals surface area (Å²) in [4.78, 5) is 13.2. The molecule has 15 heavy (non-hydrogen) atoms. The number of carbonyl (C=O) groups is 1. The minimum atomic E-state index is 0.549. The second-order valence-electron chi connectivity index (χ2n) is 3.84. The number of piperidine rings is 1. The van der Waals surface area contributed by atoms with E-state index in [1.807, 2.05) is 12.1 Å². The molecule has 2 rings (SSSR count). The lowest BCUT2D eigenvalue weighted by Gasteiger charge is -2.29. The number of rotatable bonds is 2. The lowest BCUT2D eigenvalue weighted by atomic mass is 10.1. The van der Waals surface area contributed by atoms with E-state index < -0.39 is 0 Å². The maximum atomic E-state index is 11.0. The Kier molecular flexibility index (Phi) is 3.27. The zero-order valence-corrected chi connectivity index (χ0v) is 9.33. The van der Waals surface area contributed by atoms with Gasteiger partial charge in [-0.05, 0) is 31.4 Å². The molecule has 1 aromatic rings. The van der Waals surface area contributed by atoms with E-state index in [1.54, 1.807) is 6.07 Å². The number of hydrogen-bond acceptors (Lipinski definition) is 2. The van der Waals surface area contributed by atoms with E-state index in [9.17, 15) is 4.79 Å². The van der Waals surface area contributed by atoms with E-state index >= 15 is 0 Å². The zero-order chi connectivity index (χ0) is 10.7. The van der Waals surface area contributed by atoms with Crippen LogP contribution >= 0.6 is 11.6 Å². The number of aldehydes is 1. The smallest absolute Gasteiger partial charge is 0.153 e. The Morgan fingerprint density at radius 1 is 1.20 bits per heavy atom. The van der Waals surface area contributed by atoms with Crippen molar-refractivity contribution in [3.8, 4) is 0 Å². The zero-order valence-electron chi connectivity index (χ0n) is 8.58. The molecule has 0 aromatic heterocycles. The van der Waals surface area contributed by atoms with Gasteiger partial charge in [0.05, 0.1) is 10.6 Å². The van der Waals surface area contributed by atoms with E-state index in [1.165, 1.54) is 19.3 Å². The molecule has 0 unspecified atom stereocenters. The van der Waals surface area contributed by atoms with Crippen molar-refractivity contribution in [2.45, 2.75) is 19.3 Å². The van der Waals surface area contributed by atoms with Crippen LogP contribution in [0.4, 0.5) is 5.69 Å². The van der Waals surface area contributed by atoms with Crippen molar-refractivity contribution in [2.24, 2.45) is 0 Å². The van der Waals surface area contributed by atoms with Crippen LogP contribution < -0.4 is 4.90 Å². The highest BCUT2D eigenvalue weighted by molar-refractivity contribution is 6.33. The summed E-state index contributed by atoms with van der Waals surface area (Å²) >= 11 is 5.99. The first kappa shape index (κ1) is 10.5. The van der Waals surface area contributed by atoms with Crippen molar-refractivity contribution in [3.05, 3.63) is 28.8 Å². The molecule has 2 nitrogen and oxygen atoms in total. The van der Waals surface area contributed by atoms with Gasteiger partial charge < -0.3 is 4.90 Å². The Labute approximate surface area is 94.8 Å². The summed E-state index contributed by atoms with van der Waals surface area (Å²) in [5.74, 6) is 0. The van der Waals surface area contributed by atoms with Crippen LogP contribution in [-0.2, 0) is 0 Å². The molecule has 0 bridgehead atoms. The Hall–Kier alpha value is -1.02. The summed E-state index contributed by atoms with van der Waals surface area (Å²) in [7, 11) is 0. The molecule has 0 atom stereocenters. The third kappa shape index (κ3) is 2.15. The predicted molar refractivity (Wildman–Crippen MR) is 62.9 cm³/mol. The molecule has 0 aliphatic carbocycles. The quantitative estimate of drug-likeness (QED) is 0.718. The van der Waals surface area contributed by atoms with E-state index in [0.717, 1.165) is 25.1 Å². The van der Waals surface area contributed by atoms with Gasteiger partial charge in [0.2, 0.25) is 0 Å². The molecule has 0 N–H and O–H groups in total. The van der Waals surface area contributed by atoms with Crippen LogP contribution in [0.3, 0.4) is 0 Å². The van der Waals surface area contributed by atoms with Crippen molar-refractivity contribution in [3.63, 3.8) is 0 Å². The maximum Gasteiger partial charge on any atom is 0.153 e. The van der Waals surface area contributed by atoms with Crippen LogP contribution in [0.25, 0.3) is 0 Å². The predicted octanol–water partition coefficient (Wildman–Crippen LogP) is 3.14. The highest BCUT2D eigenvalue weighted by atomic mass is 35.5. The fourth-order valence-corrected chi connectivity index (χ4v) is 2.27. The summed E-state index contributed by atoms with van der Waals surface area (Å²) < 4.78 is 0. The van der Waals surface area contributed by atoms with Gasteiger partial charge in [0.1, 0.15) is 0 Å². The van der Waals surface area contributed by atoms with Gasteiger partial charge in [-0.25, -0.2) is 0 Å². The second kappa shape index (κ2) is 4.67. The fraction of sp³-hybridized carbons (Fsp3) is 0.417. The molecule has 1 aromatic carbocycles. The molecule has 1 aliphatic rings. The standard InChI is InChI=1S/C12H14ClNO/c13-11-5-4-6-12(10(11)9-15)14-7-2-1-3-8-14/h4-6,9H,1-3,7-8H2. The van der Waals surface area contributed by atoms with Gasteiger partial charge in [-0.1, -0.05) is 17.7 Å². The van der Waals surface area contributed by atoms with Gasteiger partial charge in [0, 0.05) is 18.8 Å². The van der Waals surface area contributed by atoms with Gasteiger partial charge in [-0.2, -0.15) is 0 Å². The van der Waals surface area contributed by atoms with Crippen LogP contribution in [0.5, 0.6) is 0 Å². The molecule has 0 saturated carbocycles. The van der Waals surface area contributed by atoms with Crippen LogP contribution in [0, 0.1) is 0 Å². The molecule has 1 fully saturated rings. The maximum absolute atomic E-state index is 11.0. The van der Waals surface area contributed by atoms with Crippen molar-refractivity contribution in [2.75, 3.05) is 18.0 Å². The third-order valence-corrected chi connectivity index (χ3v) is 3.17. The normalized spacial score (nSPS) is 16.5. The first-order chi connectivity index (χ1) is 7.33. The monoisotopic (exact) mass is 223 g/mol. The van der Waals surface area contributed by atoms with Gasteiger partial charge in [-0.15, -0.1) is 0 Å². The van der Waals surface area contributed by atoms with Crippen LogP contribution in [-0.4, -0.2) is 19.4 Å². The Bertz CT molecular complexity index is 359. The van der Waals surface area contributed by atoms with Crippen LogP contribution in [0.1, 0.15) is 29.6 Å². The minimum Gasteiger partial charge on any atom is -0.371 e.